The molecule has 0 spiro atoms. The van der Waals surface area contributed by atoms with E-state index in [1.165, 1.54) is 22.3 Å². The summed E-state index contributed by atoms with van der Waals surface area (Å²) in [7, 11) is 4.09. The summed E-state index contributed by atoms with van der Waals surface area (Å²) < 4.78 is 0. The van der Waals surface area contributed by atoms with Crippen molar-refractivity contribution in [2.75, 3.05) is 19.0 Å². The van der Waals surface area contributed by atoms with Gasteiger partial charge in [-0.2, -0.15) is 0 Å². The summed E-state index contributed by atoms with van der Waals surface area (Å²) >= 11 is 0. The van der Waals surface area contributed by atoms with Gasteiger partial charge in [-0.3, -0.25) is 9.59 Å². The van der Waals surface area contributed by atoms with Gasteiger partial charge in [0.15, 0.2) is 11.6 Å². The van der Waals surface area contributed by atoms with Crippen molar-refractivity contribution in [3.8, 4) is 0 Å². The van der Waals surface area contributed by atoms with Gasteiger partial charge in [-0.05, 0) is 92.2 Å². The Labute approximate surface area is 191 Å². The summed E-state index contributed by atoms with van der Waals surface area (Å²) in [4.78, 5) is 27.0. The maximum atomic E-state index is 12.7. The van der Waals surface area contributed by atoms with Gasteiger partial charge in [-0.15, -0.1) is 0 Å². The number of fused-ring (bicyclic) bond motifs is 4. The topological polar surface area (TPSA) is 57.6 Å². The van der Waals surface area contributed by atoms with Gasteiger partial charge in [0.25, 0.3) is 0 Å². The lowest BCUT2D eigenvalue weighted by atomic mass is 9.51. The highest BCUT2D eigenvalue weighted by molar-refractivity contribution is 5.93. The number of hydrogen-bond donors (Lipinski definition) is 1. The highest BCUT2D eigenvalue weighted by atomic mass is 16.3. The third kappa shape index (κ3) is 2.98. The molecule has 5 rings (SSSR count). The zero-order valence-electron chi connectivity index (χ0n) is 19.8. The van der Waals surface area contributed by atoms with Crippen molar-refractivity contribution < 1.29 is 14.7 Å². The zero-order chi connectivity index (χ0) is 22.8. The Hall–Kier alpha value is -2.20. The van der Waals surface area contributed by atoms with Crippen LogP contribution in [0.4, 0.5) is 5.69 Å². The molecule has 1 aromatic carbocycles. The Morgan fingerprint density at radius 3 is 2.47 bits per heavy atom. The number of benzene rings is 1. The highest BCUT2D eigenvalue weighted by Crippen LogP contribution is 2.66. The van der Waals surface area contributed by atoms with Crippen LogP contribution in [-0.2, 0) is 9.59 Å². The Bertz CT molecular complexity index is 1030. The van der Waals surface area contributed by atoms with Crippen LogP contribution < -0.4 is 4.90 Å². The normalized spacial score (nSPS) is 36.2. The summed E-state index contributed by atoms with van der Waals surface area (Å²) in [5.41, 5.74) is 4.91. The molecule has 5 atom stereocenters. The number of rotatable bonds is 3. The predicted octanol–water partition coefficient (Wildman–Crippen LogP) is 4.97. The zero-order valence-corrected chi connectivity index (χ0v) is 19.8. The lowest BCUT2D eigenvalue weighted by Gasteiger charge is -2.54. The quantitative estimate of drug-likeness (QED) is 0.731. The fourth-order valence-electron chi connectivity index (χ4n) is 7.55. The van der Waals surface area contributed by atoms with Gasteiger partial charge in [-0.25, -0.2) is 0 Å². The minimum Gasteiger partial charge on any atom is -0.382 e. The first-order valence-electron chi connectivity index (χ1n) is 12.1. The van der Waals surface area contributed by atoms with Gasteiger partial charge in [0.1, 0.15) is 5.60 Å². The number of nitrogens with zero attached hydrogens (tertiary/aromatic N) is 1. The second-order valence-electron chi connectivity index (χ2n) is 10.9. The molecule has 0 heterocycles. The van der Waals surface area contributed by atoms with E-state index in [-0.39, 0.29) is 17.5 Å². The summed E-state index contributed by atoms with van der Waals surface area (Å²) in [6.07, 6.45) is 7.53. The average Bonchev–Trinajstić information content (AvgIpc) is 3.04. The molecule has 0 aromatic heterocycles. The van der Waals surface area contributed by atoms with E-state index >= 15 is 0 Å². The SMILES string of the molecule is CC(=O)[C@]1(O)CC[C@@H]2[C@H]3CCC4=CC(=O)CCC4=C3[C@H](c3ccc(N(C)C)cc3)C[C@]21C. The Balaban J connectivity index is 1.67. The molecule has 32 heavy (non-hydrogen) atoms. The second kappa shape index (κ2) is 7.41. The molecule has 0 radical (unpaired) electrons. The predicted molar refractivity (Wildman–Crippen MR) is 127 cm³/mol. The molecule has 2 saturated carbocycles. The smallest absolute Gasteiger partial charge is 0.161 e. The Kier molecular flexibility index (Phi) is 5.01. The minimum atomic E-state index is -1.24. The first-order chi connectivity index (χ1) is 15.2. The number of anilines is 1. The van der Waals surface area contributed by atoms with Crippen LogP contribution >= 0.6 is 0 Å². The van der Waals surface area contributed by atoms with Gasteiger partial charge in [0, 0.05) is 37.5 Å². The van der Waals surface area contributed by atoms with Crippen molar-refractivity contribution in [1.82, 2.24) is 0 Å². The van der Waals surface area contributed by atoms with Gasteiger partial charge in [0.05, 0.1) is 0 Å². The van der Waals surface area contributed by atoms with E-state index in [9.17, 15) is 14.7 Å². The summed E-state index contributed by atoms with van der Waals surface area (Å²) in [6, 6.07) is 8.78. The van der Waals surface area contributed by atoms with Crippen LogP contribution in [0, 0.1) is 17.3 Å². The molecule has 4 aliphatic carbocycles. The standard InChI is InChI=1S/C28H35NO3/c1-17(30)28(32)14-13-25-23-11-7-19-15-21(31)10-12-22(19)26(23)24(16-27(25,28)2)18-5-8-20(9-6-18)29(3)4/h5-6,8-9,15,23-25,32H,7,10-14,16H2,1-4H3/t23-,24+,25-,27-,28-/m1/s1. The van der Waals surface area contributed by atoms with Crippen molar-refractivity contribution in [3.63, 3.8) is 0 Å². The fraction of sp³-hybridized carbons (Fsp3) is 0.571. The van der Waals surface area contributed by atoms with Crippen LogP contribution in [0.5, 0.6) is 0 Å². The van der Waals surface area contributed by atoms with Gasteiger partial charge in [-0.1, -0.05) is 24.6 Å². The number of ketones is 2. The van der Waals surface area contributed by atoms with Crippen LogP contribution in [0.15, 0.2) is 47.1 Å². The molecule has 0 aliphatic heterocycles. The fourth-order valence-corrected chi connectivity index (χ4v) is 7.55. The molecule has 1 aromatic rings. The van der Waals surface area contributed by atoms with Crippen LogP contribution in [0.2, 0.25) is 0 Å². The summed E-state index contributed by atoms with van der Waals surface area (Å²) in [6.45, 7) is 3.74. The second-order valence-corrected chi connectivity index (χ2v) is 10.9. The summed E-state index contributed by atoms with van der Waals surface area (Å²) in [5, 5.41) is 11.6. The van der Waals surface area contributed by atoms with Gasteiger partial charge >= 0.3 is 0 Å². The van der Waals surface area contributed by atoms with Crippen LogP contribution in [-0.4, -0.2) is 36.4 Å². The lowest BCUT2D eigenvalue weighted by Crippen LogP contribution is -2.55. The molecular weight excluding hydrogens is 398 g/mol. The molecule has 4 aliphatic rings. The number of carbonyl (C=O) groups is 2. The van der Waals surface area contributed by atoms with Gasteiger partial charge < -0.3 is 10.0 Å². The monoisotopic (exact) mass is 433 g/mol. The molecule has 0 unspecified atom stereocenters. The lowest BCUT2D eigenvalue weighted by molar-refractivity contribution is -0.152. The first kappa shape index (κ1) is 21.6. The number of Topliss-reactive ketones (excluding diaryl/α,β-unsaturated/α-hetero) is 1. The molecular formula is C28H35NO3. The van der Waals surface area contributed by atoms with Crippen LogP contribution in [0.25, 0.3) is 0 Å². The first-order valence-corrected chi connectivity index (χ1v) is 12.1. The molecule has 170 valence electrons. The average molecular weight is 434 g/mol. The van der Waals surface area contributed by atoms with E-state index in [0.29, 0.717) is 24.7 Å². The van der Waals surface area contributed by atoms with Crippen molar-refractivity contribution in [3.05, 3.63) is 52.6 Å². The van der Waals surface area contributed by atoms with E-state index in [0.717, 1.165) is 37.8 Å². The number of allylic oxidation sites excluding steroid dienone is 4. The molecule has 0 amide bonds. The maximum Gasteiger partial charge on any atom is 0.161 e. The van der Waals surface area contributed by atoms with Crippen molar-refractivity contribution >= 4 is 17.3 Å². The van der Waals surface area contributed by atoms with Crippen LogP contribution in [0.1, 0.15) is 70.3 Å². The van der Waals surface area contributed by atoms with E-state index in [2.05, 4.69) is 36.1 Å². The molecule has 1 N–H and O–H groups in total. The van der Waals surface area contributed by atoms with E-state index in [1.54, 1.807) is 6.92 Å². The molecule has 0 saturated heterocycles. The maximum absolute atomic E-state index is 12.7. The van der Waals surface area contributed by atoms with E-state index in [4.69, 9.17) is 0 Å². The number of carbonyl (C=O) groups excluding carboxylic acids is 2. The Morgan fingerprint density at radius 2 is 1.81 bits per heavy atom. The van der Waals surface area contributed by atoms with Crippen molar-refractivity contribution in [1.29, 1.82) is 0 Å². The van der Waals surface area contributed by atoms with Crippen molar-refractivity contribution in [2.24, 2.45) is 17.3 Å². The minimum absolute atomic E-state index is 0.0834. The molecule has 0 bridgehead atoms. The van der Waals surface area contributed by atoms with Crippen molar-refractivity contribution in [2.45, 2.75) is 70.3 Å². The number of hydrogen-bond acceptors (Lipinski definition) is 4. The van der Waals surface area contributed by atoms with Gasteiger partial charge in [0.2, 0.25) is 0 Å². The highest BCUT2D eigenvalue weighted by Gasteiger charge is 2.64. The third-order valence-electron chi connectivity index (χ3n) is 9.28. The Morgan fingerprint density at radius 1 is 1.09 bits per heavy atom. The van der Waals surface area contributed by atoms with Crippen LogP contribution in [0.3, 0.4) is 0 Å². The third-order valence-corrected chi connectivity index (χ3v) is 9.28. The molecule has 4 nitrogen and oxygen atoms in total. The van der Waals surface area contributed by atoms with E-state index < -0.39 is 11.0 Å². The largest absolute Gasteiger partial charge is 0.382 e. The van der Waals surface area contributed by atoms with E-state index in [1.807, 2.05) is 20.2 Å². The summed E-state index contributed by atoms with van der Waals surface area (Å²) in [5.74, 6) is 1.03. The number of aliphatic hydroxyl groups is 1. The molecule has 2 fully saturated rings. The molecule has 4 heteroatoms.